The Labute approximate surface area is 164 Å². The predicted molar refractivity (Wildman–Crippen MR) is 100 cm³/mol. The second-order valence-corrected chi connectivity index (χ2v) is 6.45. The quantitative estimate of drug-likeness (QED) is 0.596. The molecule has 0 aliphatic rings. The lowest BCUT2D eigenvalue weighted by Crippen LogP contribution is -2.21. The molecule has 0 saturated heterocycles. The number of rotatable bonds is 7. The largest absolute Gasteiger partial charge is 0.469 e. The predicted octanol–water partition coefficient (Wildman–Crippen LogP) is 3.88. The highest BCUT2D eigenvalue weighted by molar-refractivity contribution is 7.15. The summed E-state index contributed by atoms with van der Waals surface area (Å²) in [5.74, 6) is -0.975. The summed E-state index contributed by atoms with van der Waals surface area (Å²) < 4.78 is 20.5. The molecule has 0 saturated carbocycles. The van der Waals surface area contributed by atoms with Gasteiger partial charge in [-0.1, -0.05) is 0 Å². The summed E-state index contributed by atoms with van der Waals surface area (Å²) in [6, 6.07) is 4.85. The third-order valence-corrected chi connectivity index (χ3v) is 4.62. The minimum atomic E-state index is -0.672. The van der Waals surface area contributed by atoms with Gasteiger partial charge in [0, 0.05) is 10.9 Å². The molecule has 0 bridgehead atoms. The van der Waals surface area contributed by atoms with Crippen molar-refractivity contribution in [2.75, 3.05) is 18.5 Å². The minimum Gasteiger partial charge on any atom is -0.469 e. The monoisotopic (exact) mass is 403 g/mol. The Morgan fingerprint density at radius 1 is 1.11 bits per heavy atom. The molecule has 9 heteroatoms. The van der Waals surface area contributed by atoms with Crippen molar-refractivity contribution in [3.63, 3.8) is 0 Å². The Morgan fingerprint density at radius 3 is 2.57 bits per heavy atom. The highest BCUT2D eigenvalue weighted by Gasteiger charge is 2.24. The van der Waals surface area contributed by atoms with Crippen LogP contribution in [0.1, 0.15) is 33.4 Å². The summed E-state index contributed by atoms with van der Waals surface area (Å²) >= 11 is 1.14. The van der Waals surface area contributed by atoms with Gasteiger partial charge in [0.25, 0.3) is 5.91 Å². The number of thiophene rings is 1. The van der Waals surface area contributed by atoms with E-state index in [0.29, 0.717) is 17.1 Å². The van der Waals surface area contributed by atoms with E-state index >= 15 is 0 Å². The first kappa shape index (κ1) is 19.4. The molecule has 0 aliphatic carbocycles. The second-order valence-electron chi connectivity index (χ2n) is 5.57. The zero-order chi connectivity index (χ0) is 20.1. The van der Waals surface area contributed by atoms with Crippen LogP contribution in [-0.2, 0) is 14.3 Å². The number of furan rings is 2. The van der Waals surface area contributed by atoms with Crippen LogP contribution in [0, 0.1) is 6.92 Å². The van der Waals surface area contributed by atoms with E-state index in [1.807, 2.05) is 0 Å². The number of hydrogen-bond donors (Lipinski definition) is 1. The third kappa shape index (κ3) is 4.15. The molecule has 0 aliphatic heterocycles. The van der Waals surface area contributed by atoms with Crippen molar-refractivity contribution in [3.8, 4) is 11.3 Å². The van der Waals surface area contributed by atoms with E-state index < -0.39 is 24.5 Å². The van der Waals surface area contributed by atoms with Gasteiger partial charge in [-0.2, -0.15) is 0 Å². The van der Waals surface area contributed by atoms with Gasteiger partial charge in [0.1, 0.15) is 27.6 Å². The second kappa shape index (κ2) is 8.57. The number of esters is 2. The fraction of sp³-hybridized carbons (Fsp3) is 0.211. The van der Waals surface area contributed by atoms with Crippen LogP contribution in [0.2, 0.25) is 0 Å². The van der Waals surface area contributed by atoms with Crippen LogP contribution < -0.4 is 5.32 Å². The zero-order valence-electron chi connectivity index (χ0n) is 15.1. The average molecular weight is 403 g/mol. The van der Waals surface area contributed by atoms with Crippen molar-refractivity contribution in [3.05, 3.63) is 53.0 Å². The van der Waals surface area contributed by atoms with Crippen LogP contribution >= 0.6 is 11.3 Å². The molecule has 3 rings (SSSR count). The Balaban J connectivity index is 1.72. The number of anilines is 1. The van der Waals surface area contributed by atoms with Gasteiger partial charge in [0.05, 0.1) is 19.1 Å². The molecule has 0 atom stereocenters. The number of aryl methyl sites for hydroxylation is 1. The molecule has 0 aromatic carbocycles. The molecule has 1 N–H and O–H groups in total. The summed E-state index contributed by atoms with van der Waals surface area (Å²) in [5, 5.41) is 4.55. The highest BCUT2D eigenvalue weighted by atomic mass is 32.1. The summed E-state index contributed by atoms with van der Waals surface area (Å²) in [6.45, 7) is 2.97. The first-order valence-electron chi connectivity index (χ1n) is 8.34. The van der Waals surface area contributed by atoms with E-state index in [0.717, 1.165) is 11.3 Å². The molecule has 3 aromatic heterocycles. The Morgan fingerprint density at radius 2 is 1.93 bits per heavy atom. The van der Waals surface area contributed by atoms with E-state index in [1.165, 1.54) is 18.6 Å². The Hall–Kier alpha value is -3.33. The van der Waals surface area contributed by atoms with Gasteiger partial charge in [-0.05, 0) is 32.0 Å². The first-order valence-corrected chi connectivity index (χ1v) is 9.22. The molecule has 8 nitrogen and oxygen atoms in total. The Bertz CT molecular complexity index is 984. The molecule has 0 fully saturated rings. The summed E-state index contributed by atoms with van der Waals surface area (Å²) in [6.07, 6.45) is 2.84. The van der Waals surface area contributed by atoms with Crippen LogP contribution in [0.15, 0.2) is 44.9 Å². The van der Waals surface area contributed by atoms with Crippen molar-refractivity contribution in [1.29, 1.82) is 0 Å². The summed E-state index contributed by atoms with van der Waals surface area (Å²) in [7, 11) is 0. The SMILES string of the molecule is CCOC(=O)c1c(-c2ccco2)csc1NC(=O)COC(=O)c1ccoc1C. The number of amides is 1. The smallest absolute Gasteiger partial charge is 0.342 e. The zero-order valence-corrected chi connectivity index (χ0v) is 16.0. The van der Waals surface area contributed by atoms with Gasteiger partial charge in [-0.25, -0.2) is 9.59 Å². The van der Waals surface area contributed by atoms with E-state index in [-0.39, 0.29) is 22.7 Å². The van der Waals surface area contributed by atoms with E-state index in [2.05, 4.69) is 5.32 Å². The fourth-order valence-corrected chi connectivity index (χ4v) is 3.39. The maximum atomic E-state index is 12.4. The van der Waals surface area contributed by atoms with Crippen LogP contribution in [0.25, 0.3) is 11.3 Å². The lowest BCUT2D eigenvalue weighted by Gasteiger charge is -2.08. The molecule has 146 valence electrons. The highest BCUT2D eigenvalue weighted by Crippen LogP contribution is 2.36. The van der Waals surface area contributed by atoms with Crippen LogP contribution in [0.3, 0.4) is 0 Å². The minimum absolute atomic E-state index is 0.182. The Kier molecular flexibility index (Phi) is 5.95. The number of carbonyl (C=O) groups excluding carboxylic acids is 3. The normalized spacial score (nSPS) is 10.5. The van der Waals surface area contributed by atoms with Gasteiger partial charge in [-0.15, -0.1) is 11.3 Å². The first-order chi connectivity index (χ1) is 13.5. The van der Waals surface area contributed by atoms with Crippen molar-refractivity contribution in [2.45, 2.75) is 13.8 Å². The standard InChI is InChI=1S/C19H17NO7S/c1-3-24-19(23)16-13(14-5-4-7-26-14)10-28-17(16)20-15(21)9-27-18(22)12-6-8-25-11(12)2/h4-8,10H,3,9H2,1-2H3,(H,20,21). The maximum absolute atomic E-state index is 12.4. The van der Waals surface area contributed by atoms with Crippen molar-refractivity contribution >= 4 is 34.2 Å². The van der Waals surface area contributed by atoms with E-state index in [1.54, 1.807) is 31.4 Å². The van der Waals surface area contributed by atoms with Gasteiger partial charge < -0.3 is 23.6 Å². The lowest BCUT2D eigenvalue weighted by molar-refractivity contribution is -0.119. The molecule has 0 radical (unpaired) electrons. The summed E-state index contributed by atoms with van der Waals surface area (Å²) in [4.78, 5) is 36.6. The fourth-order valence-electron chi connectivity index (χ4n) is 2.44. The van der Waals surface area contributed by atoms with Crippen LogP contribution in [0.4, 0.5) is 5.00 Å². The number of carbonyl (C=O) groups is 3. The summed E-state index contributed by atoms with van der Waals surface area (Å²) in [5.41, 5.74) is 0.943. The van der Waals surface area contributed by atoms with Gasteiger partial charge in [0.15, 0.2) is 6.61 Å². The third-order valence-electron chi connectivity index (χ3n) is 3.72. The molecular formula is C19H17NO7S. The van der Waals surface area contributed by atoms with Gasteiger partial charge in [-0.3, -0.25) is 4.79 Å². The van der Waals surface area contributed by atoms with Crippen molar-refractivity contribution in [2.24, 2.45) is 0 Å². The molecule has 0 unspecified atom stereocenters. The number of hydrogen-bond acceptors (Lipinski definition) is 8. The van der Waals surface area contributed by atoms with Crippen LogP contribution in [0.5, 0.6) is 0 Å². The number of nitrogens with one attached hydrogen (secondary N) is 1. The molecule has 1 amide bonds. The van der Waals surface area contributed by atoms with Gasteiger partial charge >= 0.3 is 11.9 Å². The lowest BCUT2D eigenvalue weighted by atomic mass is 10.1. The maximum Gasteiger partial charge on any atom is 0.342 e. The average Bonchev–Trinajstić information content (AvgIpc) is 3.40. The van der Waals surface area contributed by atoms with E-state index in [9.17, 15) is 14.4 Å². The molecule has 0 spiro atoms. The molecular weight excluding hydrogens is 386 g/mol. The molecule has 28 heavy (non-hydrogen) atoms. The molecule has 3 heterocycles. The van der Waals surface area contributed by atoms with Crippen molar-refractivity contribution < 1.29 is 32.7 Å². The topological polar surface area (TPSA) is 108 Å². The molecule has 3 aromatic rings. The van der Waals surface area contributed by atoms with Gasteiger partial charge in [0.2, 0.25) is 0 Å². The van der Waals surface area contributed by atoms with Crippen molar-refractivity contribution in [1.82, 2.24) is 0 Å². The van der Waals surface area contributed by atoms with Crippen LogP contribution in [-0.4, -0.2) is 31.1 Å². The van der Waals surface area contributed by atoms with E-state index in [4.69, 9.17) is 18.3 Å². The number of ether oxygens (including phenoxy) is 2.